The van der Waals surface area contributed by atoms with Gasteiger partial charge in [0.15, 0.2) is 0 Å². The summed E-state index contributed by atoms with van der Waals surface area (Å²) in [4.78, 5) is 0. The largest absolute Gasteiger partial charge is 0.119 e. The molecule has 0 aromatic heterocycles. The average molecular weight is 382 g/mol. The fraction of sp³-hybridized carbons (Fsp3) is 0.250. The van der Waals surface area contributed by atoms with Crippen LogP contribution in [0, 0.1) is 0 Å². The molecule has 1 unspecified atom stereocenters. The molecule has 0 fully saturated rings. The molecule has 0 aliphatic carbocycles. The second-order valence-corrected chi connectivity index (χ2v) is 10.9. The summed E-state index contributed by atoms with van der Waals surface area (Å²) in [6, 6.07) is 33.0. The van der Waals surface area contributed by atoms with Crippen LogP contribution in [-0.2, 0) is 0 Å². The molecule has 0 radical (unpaired) electrons. The molecule has 0 heterocycles. The smallest absolute Gasteiger partial charge is 0.113 e. The highest BCUT2D eigenvalue weighted by Gasteiger charge is 2.46. The maximum atomic E-state index is 6.92. The minimum Gasteiger partial charge on any atom is -0.119 e. The van der Waals surface area contributed by atoms with Gasteiger partial charge in [-0.15, -0.1) is 11.6 Å². The predicted octanol–water partition coefficient (Wildman–Crippen LogP) is 5.78. The van der Waals surface area contributed by atoms with Gasteiger partial charge < -0.3 is 0 Å². The van der Waals surface area contributed by atoms with Crippen LogP contribution in [0.2, 0.25) is 0 Å². The lowest BCUT2D eigenvalue weighted by atomic mass is 10.2. The van der Waals surface area contributed by atoms with Gasteiger partial charge in [-0.1, -0.05) is 74.4 Å². The van der Waals surface area contributed by atoms with Crippen LogP contribution in [0.25, 0.3) is 0 Å². The van der Waals surface area contributed by atoms with E-state index in [1.165, 1.54) is 28.8 Å². The zero-order valence-electron chi connectivity index (χ0n) is 15.4. The number of hydrogen-bond acceptors (Lipinski definition) is 0. The van der Waals surface area contributed by atoms with Crippen molar-refractivity contribution in [3.05, 3.63) is 91.0 Å². The summed E-state index contributed by atoms with van der Waals surface area (Å²) in [5, 5.41) is 4.43. The van der Waals surface area contributed by atoms with Gasteiger partial charge in [-0.05, 0) is 42.8 Å². The fourth-order valence-corrected chi connectivity index (χ4v) is 8.75. The first kappa shape index (κ1) is 19.2. The van der Waals surface area contributed by atoms with Crippen LogP contribution in [0.5, 0.6) is 0 Å². The van der Waals surface area contributed by atoms with E-state index in [-0.39, 0.29) is 5.38 Å². The Labute approximate surface area is 163 Å². The van der Waals surface area contributed by atoms with E-state index in [0.29, 0.717) is 0 Å². The molecule has 0 saturated heterocycles. The van der Waals surface area contributed by atoms with E-state index in [4.69, 9.17) is 11.6 Å². The van der Waals surface area contributed by atoms with Gasteiger partial charge in [-0.2, -0.15) is 0 Å². The fourth-order valence-electron chi connectivity index (χ4n) is 3.62. The summed E-state index contributed by atoms with van der Waals surface area (Å²) in [7, 11) is -1.78. The molecule has 0 aliphatic rings. The Bertz CT molecular complexity index is 674. The Morgan fingerprint density at radius 1 is 0.692 bits per heavy atom. The predicted molar refractivity (Wildman–Crippen MR) is 119 cm³/mol. The van der Waals surface area contributed by atoms with Crippen molar-refractivity contribution < 1.29 is 0 Å². The van der Waals surface area contributed by atoms with Crippen molar-refractivity contribution in [1.82, 2.24) is 0 Å². The molecule has 0 amide bonds. The molecule has 0 bridgehead atoms. The first-order chi connectivity index (χ1) is 12.8. The quantitative estimate of drug-likeness (QED) is 0.343. The minimum absolute atomic E-state index is 0.184. The van der Waals surface area contributed by atoms with Crippen molar-refractivity contribution in [2.24, 2.45) is 0 Å². The molecule has 0 aliphatic heterocycles. The van der Waals surface area contributed by atoms with Crippen LogP contribution in [-0.4, -0.2) is 11.5 Å². The van der Waals surface area contributed by atoms with Crippen molar-refractivity contribution in [2.75, 3.05) is 6.16 Å². The van der Waals surface area contributed by atoms with Crippen LogP contribution in [0.3, 0.4) is 0 Å². The summed E-state index contributed by atoms with van der Waals surface area (Å²) in [5.41, 5.74) is 0. The Morgan fingerprint density at radius 2 is 1.08 bits per heavy atom. The normalized spacial score (nSPS) is 12.7. The first-order valence-electron chi connectivity index (χ1n) is 9.46. The van der Waals surface area contributed by atoms with E-state index >= 15 is 0 Å². The van der Waals surface area contributed by atoms with Crippen LogP contribution < -0.4 is 15.9 Å². The van der Waals surface area contributed by atoms with Gasteiger partial charge in [-0.3, -0.25) is 0 Å². The van der Waals surface area contributed by atoms with Gasteiger partial charge >= 0.3 is 0 Å². The topological polar surface area (TPSA) is 0 Å². The van der Waals surface area contributed by atoms with E-state index in [1.807, 2.05) is 0 Å². The van der Waals surface area contributed by atoms with Crippen molar-refractivity contribution in [3.63, 3.8) is 0 Å². The van der Waals surface area contributed by atoms with Gasteiger partial charge in [0.1, 0.15) is 23.2 Å². The number of unbranched alkanes of at least 4 members (excludes halogenated alkanes) is 1. The monoisotopic (exact) mass is 381 g/mol. The van der Waals surface area contributed by atoms with Gasteiger partial charge in [0.05, 0.1) is 11.5 Å². The number of alkyl halides is 1. The van der Waals surface area contributed by atoms with Crippen LogP contribution in [0.1, 0.15) is 26.2 Å². The molecule has 0 spiro atoms. The zero-order chi connectivity index (χ0) is 18.2. The molecule has 2 heteroatoms. The second kappa shape index (κ2) is 9.36. The minimum atomic E-state index is -1.78. The van der Waals surface area contributed by atoms with Gasteiger partial charge in [0.25, 0.3) is 0 Å². The third kappa shape index (κ3) is 4.20. The Morgan fingerprint density at radius 3 is 1.42 bits per heavy atom. The lowest BCUT2D eigenvalue weighted by molar-refractivity contribution is 0.710. The summed E-state index contributed by atoms with van der Waals surface area (Å²) in [5.74, 6) is 0. The summed E-state index contributed by atoms with van der Waals surface area (Å²) in [6.45, 7) is 2.23. The zero-order valence-corrected chi connectivity index (χ0v) is 17.0. The molecular formula is C24H27ClP+. The van der Waals surface area contributed by atoms with E-state index in [2.05, 4.69) is 97.9 Å². The van der Waals surface area contributed by atoms with E-state index in [9.17, 15) is 0 Å². The molecule has 0 nitrogen and oxygen atoms in total. The second-order valence-electron chi connectivity index (χ2n) is 6.74. The third-order valence-corrected chi connectivity index (χ3v) is 10.0. The van der Waals surface area contributed by atoms with E-state index in [1.54, 1.807) is 0 Å². The molecule has 0 saturated carbocycles. The SMILES string of the molecule is CCCCC(Cl)C[P+](c1ccccc1)(c1ccccc1)c1ccccc1. The lowest BCUT2D eigenvalue weighted by Gasteiger charge is -2.29. The first-order valence-corrected chi connectivity index (χ1v) is 11.9. The molecule has 134 valence electrons. The highest BCUT2D eigenvalue weighted by Crippen LogP contribution is 2.56. The molecule has 1 atom stereocenters. The van der Waals surface area contributed by atoms with Crippen molar-refractivity contribution in [3.8, 4) is 0 Å². The molecule has 3 rings (SSSR count). The third-order valence-electron chi connectivity index (χ3n) is 4.93. The number of hydrogen-bond donors (Lipinski definition) is 0. The molecule has 26 heavy (non-hydrogen) atoms. The molecular weight excluding hydrogens is 355 g/mol. The molecule has 3 aromatic carbocycles. The maximum absolute atomic E-state index is 6.92. The van der Waals surface area contributed by atoms with Crippen LogP contribution >= 0.6 is 18.9 Å². The van der Waals surface area contributed by atoms with E-state index < -0.39 is 7.26 Å². The van der Waals surface area contributed by atoms with Crippen molar-refractivity contribution in [1.29, 1.82) is 0 Å². The highest BCUT2D eigenvalue weighted by atomic mass is 35.5. The average Bonchev–Trinajstić information content (AvgIpc) is 2.72. The maximum Gasteiger partial charge on any atom is 0.113 e. The lowest BCUT2D eigenvalue weighted by Crippen LogP contribution is -2.35. The van der Waals surface area contributed by atoms with Crippen molar-refractivity contribution >= 4 is 34.8 Å². The van der Waals surface area contributed by atoms with Gasteiger partial charge in [0, 0.05) is 0 Å². The standard InChI is InChI=1S/C24H27ClP/c1-2-3-13-21(25)20-26(22-14-7-4-8-15-22,23-16-9-5-10-17-23)24-18-11-6-12-19-24/h4-12,14-19,21H,2-3,13,20H2,1H3/q+1. The summed E-state index contributed by atoms with van der Waals surface area (Å²) < 4.78 is 0. The highest BCUT2D eigenvalue weighted by molar-refractivity contribution is 7.95. The Balaban J connectivity index is 2.18. The number of rotatable bonds is 8. The van der Waals surface area contributed by atoms with Crippen molar-refractivity contribution in [2.45, 2.75) is 31.6 Å². The van der Waals surface area contributed by atoms with Crippen LogP contribution in [0.4, 0.5) is 0 Å². The molecule has 3 aromatic rings. The Kier molecular flexibility index (Phi) is 6.89. The van der Waals surface area contributed by atoms with Gasteiger partial charge in [0.2, 0.25) is 0 Å². The van der Waals surface area contributed by atoms with E-state index in [0.717, 1.165) is 12.6 Å². The van der Waals surface area contributed by atoms with Gasteiger partial charge in [-0.25, -0.2) is 0 Å². The molecule has 0 N–H and O–H groups in total. The Hall–Kier alpha value is -1.62. The summed E-state index contributed by atoms with van der Waals surface area (Å²) in [6.07, 6.45) is 4.46. The number of halogens is 1. The number of benzene rings is 3. The summed E-state index contributed by atoms with van der Waals surface area (Å²) >= 11 is 6.92. The van der Waals surface area contributed by atoms with Crippen LogP contribution in [0.15, 0.2) is 91.0 Å².